The number of hydrogen-bond donors (Lipinski definition) is 1. The van der Waals surface area contributed by atoms with Crippen LogP contribution in [0.3, 0.4) is 0 Å². The molecule has 0 fully saturated rings. The van der Waals surface area contributed by atoms with E-state index in [1.165, 1.54) is 0 Å². The summed E-state index contributed by atoms with van der Waals surface area (Å²) in [6, 6.07) is 0. The molecule has 1 aromatic heterocycles. The largest absolute Gasteiger partial charge is 0.458 e. The molecule has 0 saturated heterocycles. The first-order valence-corrected chi connectivity index (χ1v) is 6.40. The van der Waals surface area contributed by atoms with E-state index in [9.17, 15) is 4.79 Å². The minimum atomic E-state index is -0.386. The van der Waals surface area contributed by atoms with Crippen LogP contribution >= 0.6 is 0 Å². The van der Waals surface area contributed by atoms with E-state index in [0.29, 0.717) is 29.5 Å². The van der Waals surface area contributed by atoms with Gasteiger partial charge in [-0.2, -0.15) is 5.10 Å². The second-order valence-electron chi connectivity index (χ2n) is 5.01. The first-order chi connectivity index (χ1) is 8.36. The number of carbonyl (C=O) groups is 1. The van der Waals surface area contributed by atoms with E-state index in [1.54, 1.807) is 11.6 Å². The summed E-state index contributed by atoms with van der Waals surface area (Å²) in [5, 5.41) is 4.21. The van der Waals surface area contributed by atoms with Crippen molar-refractivity contribution < 1.29 is 9.53 Å². The highest BCUT2D eigenvalue weighted by atomic mass is 16.5. The first kappa shape index (κ1) is 14.5. The van der Waals surface area contributed by atoms with Crippen LogP contribution in [0, 0.1) is 12.8 Å². The summed E-state index contributed by atoms with van der Waals surface area (Å²) >= 11 is 0. The van der Waals surface area contributed by atoms with Gasteiger partial charge in [0.05, 0.1) is 17.5 Å². The number of nitrogen functional groups attached to an aromatic ring is 1. The van der Waals surface area contributed by atoms with Crippen LogP contribution in [0.1, 0.15) is 50.3 Å². The molecule has 5 nitrogen and oxygen atoms in total. The van der Waals surface area contributed by atoms with Crippen molar-refractivity contribution in [2.45, 2.75) is 53.7 Å². The SMILES string of the molecule is CCn1nc(C)c(N)c1C(=O)OC(C)CC(C)C. The molecule has 102 valence electrons. The van der Waals surface area contributed by atoms with Crippen LogP contribution in [0.4, 0.5) is 5.69 Å². The maximum Gasteiger partial charge on any atom is 0.359 e. The minimum absolute atomic E-state index is 0.114. The Balaban J connectivity index is 2.84. The molecule has 1 atom stereocenters. The van der Waals surface area contributed by atoms with Crippen LogP contribution < -0.4 is 5.73 Å². The Kier molecular flexibility index (Phi) is 4.76. The van der Waals surface area contributed by atoms with Crippen molar-refractivity contribution in [2.75, 3.05) is 5.73 Å². The van der Waals surface area contributed by atoms with Gasteiger partial charge in [0.1, 0.15) is 0 Å². The Labute approximate surface area is 108 Å². The molecule has 1 unspecified atom stereocenters. The summed E-state index contributed by atoms with van der Waals surface area (Å²) in [7, 11) is 0. The zero-order valence-electron chi connectivity index (χ0n) is 11.9. The van der Waals surface area contributed by atoms with Gasteiger partial charge in [-0.3, -0.25) is 4.68 Å². The highest BCUT2D eigenvalue weighted by Gasteiger charge is 2.22. The number of nitrogens with zero attached hydrogens (tertiary/aromatic N) is 2. The van der Waals surface area contributed by atoms with E-state index in [0.717, 1.165) is 6.42 Å². The molecule has 1 aromatic rings. The van der Waals surface area contributed by atoms with E-state index < -0.39 is 0 Å². The predicted molar refractivity (Wildman–Crippen MR) is 71.4 cm³/mol. The molecule has 0 radical (unpaired) electrons. The predicted octanol–water partition coefficient (Wildman–Crippen LogP) is 2.39. The van der Waals surface area contributed by atoms with E-state index in [-0.39, 0.29) is 12.1 Å². The molecule has 0 aliphatic rings. The molecule has 1 rings (SSSR count). The molecular formula is C13H23N3O2. The second kappa shape index (κ2) is 5.89. The summed E-state index contributed by atoms with van der Waals surface area (Å²) in [5.41, 5.74) is 7.32. The molecule has 0 aromatic carbocycles. The lowest BCUT2D eigenvalue weighted by molar-refractivity contribution is 0.0287. The second-order valence-corrected chi connectivity index (χ2v) is 5.01. The van der Waals surface area contributed by atoms with Crippen molar-refractivity contribution in [3.63, 3.8) is 0 Å². The van der Waals surface area contributed by atoms with E-state index in [4.69, 9.17) is 10.5 Å². The number of hydrogen-bond acceptors (Lipinski definition) is 4. The van der Waals surface area contributed by atoms with Crippen LogP contribution in [0.25, 0.3) is 0 Å². The van der Waals surface area contributed by atoms with Crippen LogP contribution in [-0.2, 0) is 11.3 Å². The average Bonchev–Trinajstić information content (AvgIpc) is 2.53. The highest BCUT2D eigenvalue weighted by Crippen LogP contribution is 2.19. The summed E-state index contributed by atoms with van der Waals surface area (Å²) in [6.45, 7) is 10.4. The molecule has 18 heavy (non-hydrogen) atoms. The lowest BCUT2D eigenvalue weighted by atomic mass is 10.1. The van der Waals surface area contributed by atoms with Crippen LogP contribution in [0.2, 0.25) is 0 Å². The minimum Gasteiger partial charge on any atom is -0.458 e. The Morgan fingerprint density at radius 3 is 2.56 bits per heavy atom. The van der Waals surface area contributed by atoms with Gasteiger partial charge in [-0.1, -0.05) is 13.8 Å². The molecule has 2 N–H and O–H groups in total. The molecule has 0 bridgehead atoms. The molecular weight excluding hydrogens is 230 g/mol. The van der Waals surface area contributed by atoms with E-state index >= 15 is 0 Å². The Morgan fingerprint density at radius 1 is 1.44 bits per heavy atom. The van der Waals surface area contributed by atoms with Crippen molar-refractivity contribution in [1.29, 1.82) is 0 Å². The number of ether oxygens (including phenoxy) is 1. The van der Waals surface area contributed by atoms with Gasteiger partial charge in [0, 0.05) is 6.54 Å². The number of rotatable bonds is 5. The molecule has 0 amide bonds. The Morgan fingerprint density at radius 2 is 2.06 bits per heavy atom. The van der Waals surface area contributed by atoms with Gasteiger partial charge in [0.15, 0.2) is 5.69 Å². The van der Waals surface area contributed by atoms with Crippen molar-refractivity contribution in [2.24, 2.45) is 5.92 Å². The van der Waals surface area contributed by atoms with Crippen LogP contribution in [-0.4, -0.2) is 21.9 Å². The van der Waals surface area contributed by atoms with Gasteiger partial charge < -0.3 is 10.5 Å². The van der Waals surface area contributed by atoms with Gasteiger partial charge in [-0.25, -0.2) is 4.79 Å². The number of esters is 1. The summed E-state index contributed by atoms with van der Waals surface area (Å²) in [5.74, 6) is 0.103. The average molecular weight is 253 g/mol. The lowest BCUT2D eigenvalue weighted by Crippen LogP contribution is -2.20. The molecule has 5 heteroatoms. The lowest BCUT2D eigenvalue weighted by Gasteiger charge is -2.15. The number of nitrogens with two attached hydrogens (primary N) is 1. The molecule has 0 aliphatic heterocycles. The quantitative estimate of drug-likeness (QED) is 0.818. The zero-order chi connectivity index (χ0) is 13.9. The summed E-state index contributed by atoms with van der Waals surface area (Å²) in [4.78, 5) is 12.1. The topological polar surface area (TPSA) is 70.1 Å². The van der Waals surface area contributed by atoms with Gasteiger partial charge >= 0.3 is 5.97 Å². The Hall–Kier alpha value is -1.52. The number of aryl methyl sites for hydroxylation is 2. The van der Waals surface area contributed by atoms with Crippen LogP contribution in [0.15, 0.2) is 0 Å². The van der Waals surface area contributed by atoms with Gasteiger partial charge in [0.2, 0.25) is 0 Å². The smallest absolute Gasteiger partial charge is 0.359 e. The third-order valence-electron chi connectivity index (χ3n) is 2.78. The monoisotopic (exact) mass is 253 g/mol. The number of carbonyl (C=O) groups excluding carboxylic acids is 1. The van der Waals surface area contributed by atoms with E-state index in [1.807, 2.05) is 13.8 Å². The molecule has 0 saturated carbocycles. The summed E-state index contributed by atoms with van der Waals surface area (Å²) in [6.07, 6.45) is 0.725. The first-order valence-electron chi connectivity index (χ1n) is 6.40. The van der Waals surface area contributed by atoms with Gasteiger partial charge in [-0.15, -0.1) is 0 Å². The molecule has 0 aliphatic carbocycles. The van der Waals surface area contributed by atoms with E-state index in [2.05, 4.69) is 18.9 Å². The van der Waals surface area contributed by atoms with Gasteiger partial charge in [-0.05, 0) is 33.1 Å². The number of aromatic nitrogens is 2. The highest BCUT2D eigenvalue weighted by molar-refractivity contribution is 5.93. The Bertz CT molecular complexity index is 424. The maximum atomic E-state index is 12.1. The normalized spacial score (nSPS) is 12.8. The van der Waals surface area contributed by atoms with Crippen molar-refractivity contribution >= 4 is 11.7 Å². The van der Waals surface area contributed by atoms with Crippen molar-refractivity contribution in [3.05, 3.63) is 11.4 Å². The standard InChI is InChI=1S/C13H23N3O2/c1-6-16-12(11(14)10(5)15-16)13(17)18-9(4)7-8(2)3/h8-9H,6-7,14H2,1-5H3. The van der Waals surface area contributed by atoms with Crippen molar-refractivity contribution in [3.8, 4) is 0 Å². The van der Waals surface area contributed by atoms with Gasteiger partial charge in [0.25, 0.3) is 0 Å². The fraction of sp³-hybridized carbons (Fsp3) is 0.692. The molecule has 1 heterocycles. The third-order valence-corrected chi connectivity index (χ3v) is 2.78. The maximum absolute atomic E-state index is 12.1. The third kappa shape index (κ3) is 3.24. The fourth-order valence-corrected chi connectivity index (χ4v) is 1.99. The fourth-order valence-electron chi connectivity index (χ4n) is 1.99. The van der Waals surface area contributed by atoms with Crippen molar-refractivity contribution in [1.82, 2.24) is 9.78 Å². The number of anilines is 1. The molecule has 0 spiro atoms. The summed E-state index contributed by atoms with van der Waals surface area (Å²) < 4.78 is 7.00. The van der Waals surface area contributed by atoms with Crippen LogP contribution in [0.5, 0.6) is 0 Å². The zero-order valence-corrected chi connectivity index (χ0v) is 11.9.